The normalized spacial score (nSPS) is 18.6. The van der Waals surface area contributed by atoms with Gasteiger partial charge in [-0.2, -0.15) is 0 Å². The van der Waals surface area contributed by atoms with Crippen molar-refractivity contribution in [2.24, 2.45) is 0 Å². The molecule has 1 fully saturated rings. The molecule has 0 radical (unpaired) electrons. The van der Waals surface area contributed by atoms with Gasteiger partial charge in [0.05, 0.1) is 11.6 Å². The Hall–Kier alpha value is -2.12. The van der Waals surface area contributed by atoms with Gasteiger partial charge >= 0.3 is 0 Å². The number of imidazole rings is 1. The van der Waals surface area contributed by atoms with Crippen molar-refractivity contribution >= 4 is 11.3 Å². The van der Waals surface area contributed by atoms with E-state index in [0.717, 1.165) is 48.2 Å². The molecule has 0 aliphatic carbocycles. The summed E-state index contributed by atoms with van der Waals surface area (Å²) < 4.78 is 0. The first-order valence-corrected chi connectivity index (χ1v) is 9.56. The molecule has 1 atom stereocenters. The predicted octanol–water partition coefficient (Wildman–Crippen LogP) is 3.67. The molecule has 1 N–H and O–H groups in total. The highest BCUT2D eigenvalue weighted by Gasteiger charge is 2.27. The smallest absolute Gasteiger partial charge is 0.156 e. The van der Waals surface area contributed by atoms with Crippen LogP contribution in [0.1, 0.15) is 47.4 Å². The summed E-state index contributed by atoms with van der Waals surface area (Å²) in [6, 6.07) is 2.25. The number of nitrogens with one attached hydrogen (secondary N) is 1. The zero-order valence-electron chi connectivity index (χ0n) is 14.6. The first-order chi connectivity index (χ1) is 12.2. The van der Waals surface area contributed by atoms with Crippen LogP contribution < -0.4 is 0 Å². The average molecular weight is 354 g/mol. The zero-order valence-corrected chi connectivity index (χ0v) is 15.4. The Bertz CT molecular complexity index is 841. The molecule has 3 aromatic rings. The van der Waals surface area contributed by atoms with E-state index in [9.17, 15) is 0 Å². The Kier molecular flexibility index (Phi) is 4.59. The quantitative estimate of drug-likeness (QED) is 0.774. The molecule has 4 heterocycles. The van der Waals surface area contributed by atoms with Gasteiger partial charge in [0, 0.05) is 35.2 Å². The molecular formula is C18H22N6S. The number of rotatable bonds is 4. The maximum Gasteiger partial charge on any atom is 0.156 e. The monoisotopic (exact) mass is 354 g/mol. The summed E-state index contributed by atoms with van der Waals surface area (Å²) >= 11 is 1.71. The van der Waals surface area contributed by atoms with E-state index < -0.39 is 0 Å². The molecule has 4 rings (SSSR count). The minimum absolute atomic E-state index is 0.255. The summed E-state index contributed by atoms with van der Waals surface area (Å²) in [5, 5.41) is 0. The zero-order chi connectivity index (χ0) is 17.2. The Labute approximate surface area is 151 Å². The summed E-state index contributed by atoms with van der Waals surface area (Å²) in [7, 11) is 0. The van der Waals surface area contributed by atoms with Gasteiger partial charge in [-0.1, -0.05) is 6.42 Å². The number of thiazole rings is 1. The number of hydrogen-bond donors (Lipinski definition) is 1. The molecule has 0 bridgehead atoms. The number of aryl methyl sites for hydroxylation is 2. The van der Waals surface area contributed by atoms with E-state index in [1.165, 1.54) is 17.7 Å². The lowest BCUT2D eigenvalue weighted by Gasteiger charge is -2.34. The lowest BCUT2D eigenvalue weighted by atomic mass is 10.0. The SMILES string of the molecule is Cc1cc(-c2ncc(C)[nH]2)nc(C2CCCCN2Cc2cncs2)n1. The van der Waals surface area contributed by atoms with Gasteiger partial charge in [-0.25, -0.2) is 15.0 Å². The fourth-order valence-electron chi connectivity index (χ4n) is 3.40. The van der Waals surface area contributed by atoms with E-state index in [-0.39, 0.29) is 6.04 Å². The van der Waals surface area contributed by atoms with Crippen LogP contribution in [0.25, 0.3) is 11.5 Å². The molecule has 0 aromatic carbocycles. The maximum absolute atomic E-state index is 4.86. The average Bonchev–Trinajstić information content (AvgIpc) is 3.26. The van der Waals surface area contributed by atoms with Gasteiger partial charge in [0.2, 0.25) is 0 Å². The Balaban J connectivity index is 1.65. The summed E-state index contributed by atoms with van der Waals surface area (Å²) in [6.07, 6.45) is 7.34. The highest BCUT2D eigenvalue weighted by molar-refractivity contribution is 7.09. The van der Waals surface area contributed by atoms with Crippen LogP contribution in [0.3, 0.4) is 0 Å². The van der Waals surface area contributed by atoms with Crippen LogP contribution in [-0.4, -0.2) is 36.4 Å². The second kappa shape index (κ2) is 7.01. The topological polar surface area (TPSA) is 70.6 Å². The predicted molar refractivity (Wildman–Crippen MR) is 98.2 cm³/mol. The van der Waals surface area contributed by atoms with Crippen molar-refractivity contribution in [1.29, 1.82) is 0 Å². The number of likely N-dealkylation sites (tertiary alicyclic amines) is 1. The van der Waals surface area contributed by atoms with Crippen LogP contribution in [0.2, 0.25) is 0 Å². The van der Waals surface area contributed by atoms with Crippen LogP contribution in [-0.2, 0) is 6.54 Å². The van der Waals surface area contributed by atoms with Crippen LogP contribution in [0.15, 0.2) is 24.0 Å². The number of hydrogen-bond acceptors (Lipinski definition) is 6. The van der Waals surface area contributed by atoms with Crippen LogP contribution in [0.4, 0.5) is 0 Å². The second-order valence-corrected chi connectivity index (χ2v) is 7.59. The molecule has 0 saturated carbocycles. The summed E-state index contributed by atoms with van der Waals surface area (Å²) in [4.78, 5) is 25.3. The highest BCUT2D eigenvalue weighted by Crippen LogP contribution is 2.31. The van der Waals surface area contributed by atoms with Crippen LogP contribution in [0, 0.1) is 13.8 Å². The third kappa shape index (κ3) is 3.62. The van der Waals surface area contributed by atoms with E-state index in [2.05, 4.69) is 19.9 Å². The van der Waals surface area contributed by atoms with Crippen molar-refractivity contribution in [2.45, 2.75) is 45.7 Å². The van der Waals surface area contributed by atoms with Crippen LogP contribution >= 0.6 is 11.3 Å². The van der Waals surface area contributed by atoms with Gasteiger partial charge in [0.25, 0.3) is 0 Å². The third-order valence-corrected chi connectivity index (χ3v) is 5.34. The van der Waals surface area contributed by atoms with Crippen molar-refractivity contribution < 1.29 is 0 Å². The molecule has 1 aliphatic heterocycles. The van der Waals surface area contributed by atoms with Crippen molar-refractivity contribution in [3.8, 4) is 11.5 Å². The fraction of sp³-hybridized carbons (Fsp3) is 0.444. The molecule has 3 aromatic heterocycles. The fourth-order valence-corrected chi connectivity index (χ4v) is 4.02. The van der Waals surface area contributed by atoms with Gasteiger partial charge in [0.15, 0.2) is 5.82 Å². The molecule has 25 heavy (non-hydrogen) atoms. The minimum Gasteiger partial charge on any atom is -0.341 e. The molecule has 6 nitrogen and oxygen atoms in total. The van der Waals surface area contributed by atoms with Gasteiger partial charge in [0.1, 0.15) is 11.5 Å². The maximum atomic E-state index is 4.86. The first kappa shape index (κ1) is 16.4. The molecular weight excluding hydrogens is 332 g/mol. The minimum atomic E-state index is 0.255. The molecule has 1 unspecified atom stereocenters. The van der Waals surface area contributed by atoms with Crippen molar-refractivity contribution in [3.05, 3.63) is 46.1 Å². The Morgan fingerprint density at radius 2 is 2.16 bits per heavy atom. The summed E-state index contributed by atoms with van der Waals surface area (Å²) in [5.74, 6) is 1.72. The molecule has 1 saturated heterocycles. The molecule has 1 aliphatic rings. The molecule has 7 heteroatoms. The molecule has 0 amide bonds. The van der Waals surface area contributed by atoms with Gasteiger partial charge in [-0.3, -0.25) is 9.88 Å². The van der Waals surface area contributed by atoms with Gasteiger partial charge < -0.3 is 4.98 Å². The number of aromatic nitrogens is 5. The molecule has 130 valence electrons. The Morgan fingerprint density at radius 1 is 1.24 bits per heavy atom. The van der Waals surface area contributed by atoms with E-state index >= 15 is 0 Å². The van der Waals surface area contributed by atoms with Gasteiger partial charge in [-0.15, -0.1) is 11.3 Å². The van der Waals surface area contributed by atoms with Crippen molar-refractivity contribution in [3.63, 3.8) is 0 Å². The number of nitrogens with zero attached hydrogens (tertiary/aromatic N) is 5. The number of H-pyrrole nitrogens is 1. The summed E-state index contributed by atoms with van der Waals surface area (Å²) in [5.41, 5.74) is 4.79. The lowest BCUT2D eigenvalue weighted by Crippen LogP contribution is -2.34. The third-order valence-electron chi connectivity index (χ3n) is 4.57. The number of aromatic amines is 1. The van der Waals surface area contributed by atoms with Crippen molar-refractivity contribution in [2.75, 3.05) is 6.54 Å². The second-order valence-electron chi connectivity index (χ2n) is 6.62. The number of piperidine rings is 1. The molecule has 0 spiro atoms. The largest absolute Gasteiger partial charge is 0.341 e. The lowest BCUT2D eigenvalue weighted by molar-refractivity contribution is 0.135. The van der Waals surface area contributed by atoms with Crippen LogP contribution in [0.5, 0.6) is 0 Å². The van der Waals surface area contributed by atoms with E-state index in [1.54, 1.807) is 11.3 Å². The van der Waals surface area contributed by atoms with Gasteiger partial charge in [-0.05, 0) is 39.3 Å². The van der Waals surface area contributed by atoms with E-state index in [1.807, 2.05) is 37.8 Å². The first-order valence-electron chi connectivity index (χ1n) is 8.68. The standard InChI is InChI=1S/C18H22N6S/c1-12-7-15(17-20-8-13(2)22-17)23-18(21-12)16-5-3-4-6-24(16)10-14-9-19-11-25-14/h7-9,11,16H,3-6,10H2,1-2H3,(H,20,22). The Morgan fingerprint density at radius 3 is 2.92 bits per heavy atom. The van der Waals surface area contributed by atoms with E-state index in [0.29, 0.717) is 0 Å². The highest BCUT2D eigenvalue weighted by atomic mass is 32.1. The van der Waals surface area contributed by atoms with Crippen molar-refractivity contribution in [1.82, 2.24) is 29.8 Å². The van der Waals surface area contributed by atoms with E-state index in [4.69, 9.17) is 9.97 Å². The summed E-state index contributed by atoms with van der Waals surface area (Å²) in [6.45, 7) is 6.03.